The van der Waals surface area contributed by atoms with E-state index in [1.807, 2.05) is 0 Å². The lowest BCUT2D eigenvalue weighted by atomic mass is 10.6. The van der Waals surface area contributed by atoms with Gasteiger partial charge in [0, 0.05) is 5.41 Å². The minimum Gasteiger partial charge on any atom is -0.224 e. The molecule has 0 unspecified atom stereocenters. The Kier molecular flexibility index (Phi) is 4.54. The van der Waals surface area contributed by atoms with Gasteiger partial charge in [-0.2, -0.15) is 0 Å². The molecule has 0 aromatic rings. The van der Waals surface area contributed by atoms with Gasteiger partial charge in [-0.25, -0.2) is 16.8 Å². The van der Waals surface area contributed by atoms with Crippen LogP contribution >= 0.6 is 0 Å². The Morgan fingerprint density at radius 1 is 1.14 bits per heavy atom. The van der Waals surface area contributed by atoms with Gasteiger partial charge in [-0.15, -0.1) is 0 Å². The minimum atomic E-state index is -3.37. The lowest BCUT2D eigenvalue weighted by molar-refractivity contribution is 0.604. The normalized spacial score (nSPS) is 13.3. The number of allylic oxidation sites excluding steroid dienone is 1. The van der Waals surface area contributed by atoms with Gasteiger partial charge in [-0.1, -0.05) is 20.4 Å². The van der Waals surface area contributed by atoms with Crippen molar-refractivity contribution in [2.75, 3.05) is 11.5 Å². The lowest BCUT2D eigenvalue weighted by Crippen LogP contribution is -2.04. The standard InChI is InChI=1S/C8H14O4S2/c1-4-13(9,10)7-6-8(3)14(11,12)5-2/h6-7H,3-5H2,1-2H3. The van der Waals surface area contributed by atoms with Crippen LogP contribution in [-0.4, -0.2) is 28.3 Å². The van der Waals surface area contributed by atoms with Crippen molar-refractivity contribution in [2.45, 2.75) is 13.8 Å². The highest BCUT2D eigenvalue weighted by atomic mass is 32.2. The third-order valence-corrected chi connectivity index (χ3v) is 4.69. The van der Waals surface area contributed by atoms with E-state index in [0.717, 1.165) is 11.5 Å². The molecule has 0 fully saturated rings. The topological polar surface area (TPSA) is 68.3 Å². The van der Waals surface area contributed by atoms with Gasteiger partial charge >= 0.3 is 0 Å². The van der Waals surface area contributed by atoms with Gasteiger partial charge in [-0.3, -0.25) is 0 Å². The van der Waals surface area contributed by atoms with Crippen LogP contribution in [0.15, 0.2) is 23.0 Å². The van der Waals surface area contributed by atoms with Crippen LogP contribution in [0.25, 0.3) is 0 Å². The van der Waals surface area contributed by atoms with Gasteiger partial charge in [0.25, 0.3) is 0 Å². The first kappa shape index (κ1) is 13.4. The van der Waals surface area contributed by atoms with Gasteiger partial charge in [0.1, 0.15) is 0 Å². The molecule has 0 aliphatic carbocycles. The molecule has 6 heteroatoms. The Bertz CT molecular complexity index is 426. The summed E-state index contributed by atoms with van der Waals surface area (Å²) in [6, 6.07) is 0. The highest BCUT2D eigenvalue weighted by Crippen LogP contribution is 2.07. The fraction of sp³-hybridized carbons (Fsp3) is 0.500. The SMILES string of the molecule is C=C(C=CS(=O)(=O)CC)S(=O)(=O)CC. The summed E-state index contributed by atoms with van der Waals surface area (Å²) in [4.78, 5) is -0.169. The highest BCUT2D eigenvalue weighted by molar-refractivity contribution is 7.96. The maximum Gasteiger partial charge on any atom is 0.177 e. The second-order valence-electron chi connectivity index (χ2n) is 2.62. The molecule has 0 bridgehead atoms. The smallest absolute Gasteiger partial charge is 0.177 e. The molecular formula is C8H14O4S2. The first-order valence-corrected chi connectivity index (χ1v) is 7.44. The van der Waals surface area contributed by atoms with Crippen molar-refractivity contribution in [3.63, 3.8) is 0 Å². The van der Waals surface area contributed by atoms with Crippen molar-refractivity contribution in [1.29, 1.82) is 0 Å². The third-order valence-electron chi connectivity index (χ3n) is 1.64. The maximum atomic E-state index is 11.2. The van der Waals surface area contributed by atoms with Crippen LogP contribution < -0.4 is 0 Å². The Labute approximate surface area is 85.2 Å². The Hall–Kier alpha value is -0.620. The van der Waals surface area contributed by atoms with E-state index in [4.69, 9.17) is 0 Å². The molecule has 0 heterocycles. The number of hydrogen-bond acceptors (Lipinski definition) is 4. The first-order valence-electron chi connectivity index (χ1n) is 4.07. The summed E-state index contributed by atoms with van der Waals surface area (Å²) in [5.74, 6) is -0.134. The van der Waals surface area contributed by atoms with Crippen LogP contribution in [0.1, 0.15) is 13.8 Å². The van der Waals surface area contributed by atoms with Gasteiger partial charge in [0.15, 0.2) is 19.7 Å². The molecule has 0 rings (SSSR count). The Morgan fingerprint density at radius 2 is 1.64 bits per heavy atom. The monoisotopic (exact) mass is 238 g/mol. The van der Waals surface area contributed by atoms with Gasteiger partial charge in [0.05, 0.1) is 16.4 Å². The number of sulfone groups is 2. The van der Waals surface area contributed by atoms with Crippen molar-refractivity contribution in [2.24, 2.45) is 0 Å². The predicted molar refractivity (Wildman–Crippen MR) is 57.2 cm³/mol. The second kappa shape index (κ2) is 4.75. The molecule has 0 radical (unpaired) electrons. The molecule has 0 amide bonds. The molecule has 0 atom stereocenters. The van der Waals surface area contributed by atoms with Crippen molar-refractivity contribution in [3.05, 3.63) is 23.0 Å². The van der Waals surface area contributed by atoms with Gasteiger partial charge < -0.3 is 0 Å². The zero-order valence-corrected chi connectivity index (χ0v) is 9.86. The summed E-state index contributed by atoms with van der Waals surface area (Å²) in [6.45, 7) is 6.25. The molecule has 0 aromatic heterocycles. The highest BCUT2D eigenvalue weighted by Gasteiger charge is 2.10. The van der Waals surface area contributed by atoms with E-state index in [9.17, 15) is 16.8 Å². The molecule has 0 saturated heterocycles. The molecule has 82 valence electrons. The summed E-state index contributed by atoms with van der Waals surface area (Å²) in [5, 5.41) is 0.878. The molecule has 0 saturated carbocycles. The zero-order chi connectivity index (χ0) is 11.4. The minimum absolute atomic E-state index is 0.0526. The quantitative estimate of drug-likeness (QED) is 0.667. The third kappa shape index (κ3) is 4.06. The summed E-state index contributed by atoms with van der Waals surface area (Å²) in [7, 11) is -6.66. The predicted octanol–water partition coefficient (Wildman–Crippen LogP) is 0.883. The molecule has 0 N–H and O–H groups in total. The van der Waals surface area contributed by atoms with Gasteiger partial charge in [-0.05, 0) is 6.08 Å². The van der Waals surface area contributed by atoms with E-state index in [1.165, 1.54) is 13.8 Å². The van der Waals surface area contributed by atoms with Crippen LogP contribution in [0.5, 0.6) is 0 Å². The zero-order valence-electron chi connectivity index (χ0n) is 8.23. The van der Waals surface area contributed by atoms with Crippen LogP contribution in [0.3, 0.4) is 0 Å². The van der Waals surface area contributed by atoms with Gasteiger partial charge in [0.2, 0.25) is 0 Å². The largest absolute Gasteiger partial charge is 0.224 e. The van der Waals surface area contributed by atoms with E-state index in [1.54, 1.807) is 0 Å². The van der Waals surface area contributed by atoms with E-state index < -0.39 is 19.7 Å². The molecule has 0 aliphatic heterocycles. The molecule has 4 nitrogen and oxygen atoms in total. The Morgan fingerprint density at radius 3 is 2.00 bits per heavy atom. The van der Waals surface area contributed by atoms with E-state index in [0.29, 0.717) is 0 Å². The fourth-order valence-electron chi connectivity index (χ4n) is 0.565. The van der Waals surface area contributed by atoms with Crippen molar-refractivity contribution >= 4 is 19.7 Å². The van der Waals surface area contributed by atoms with Crippen LogP contribution in [0.4, 0.5) is 0 Å². The fourth-order valence-corrected chi connectivity index (χ4v) is 1.86. The summed E-state index contributed by atoms with van der Waals surface area (Å²) in [6.07, 6.45) is 1.03. The van der Waals surface area contributed by atoms with Crippen molar-refractivity contribution in [3.8, 4) is 0 Å². The summed E-state index contributed by atoms with van der Waals surface area (Å²) < 4.78 is 44.3. The summed E-state index contributed by atoms with van der Waals surface area (Å²) in [5.41, 5.74) is 0. The molecule has 14 heavy (non-hydrogen) atoms. The van der Waals surface area contributed by atoms with Crippen LogP contribution in [0.2, 0.25) is 0 Å². The van der Waals surface area contributed by atoms with E-state index in [2.05, 4.69) is 6.58 Å². The maximum absolute atomic E-state index is 11.2. The van der Waals surface area contributed by atoms with E-state index in [-0.39, 0.29) is 16.4 Å². The lowest BCUT2D eigenvalue weighted by Gasteiger charge is -1.98. The van der Waals surface area contributed by atoms with E-state index >= 15 is 0 Å². The average Bonchev–Trinajstić information content (AvgIpc) is 2.14. The first-order chi connectivity index (χ1) is 6.25. The second-order valence-corrected chi connectivity index (χ2v) is 7.13. The molecule has 0 spiro atoms. The average molecular weight is 238 g/mol. The number of hydrogen-bond donors (Lipinski definition) is 0. The van der Waals surface area contributed by atoms with Crippen LogP contribution in [-0.2, 0) is 19.7 Å². The molecule has 0 aliphatic rings. The van der Waals surface area contributed by atoms with Crippen molar-refractivity contribution in [1.82, 2.24) is 0 Å². The molecular weight excluding hydrogens is 224 g/mol. The Balaban J connectivity index is 4.83. The number of rotatable bonds is 5. The van der Waals surface area contributed by atoms with Crippen molar-refractivity contribution < 1.29 is 16.8 Å². The molecule has 0 aromatic carbocycles. The summed E-state index contributed by atoms with van der Waals surface area (Å²) >= 11 is 0. The van der Waals surface area contributed by atoms with Crippen LogP contribution in [0, 0.1) is 0 Å².